The van der Waals surface area contributed by atoms with Gasteiger partial charge < -0.3 is 10.1 Å². The molecule has 1 fully saturated rings. The Kier molecular flexibility index (Phi) is 4.56. The summed E-state index contributed by atoms with van der Waals surface area (Å²) < 4.78 is 6.61. The molecular formula is C16H18N4O3. The summed E-state index contributed by atoms with van der Waals surface area (Å²) in [5.41, 5.74) is 2.08. The lowest BCUT2D eigenvalue weighted by Gasteiger charge is -2.11. The zero-order chi connectivity index (χ0) is 16.1. The summed E-state index contributed by atoms with van der Waals surface area (Å²) in [5.74, 6) is -0.209. The lowest BCUT2D eigenvalue weighted by molar-refractivity contribution is -0.121. The highest BCUT2D eigenvalue weighted by Gasteiger charge is 2.23. The predicted molar refractivity (Wildman–Crippen MR) is 82.5 cm³/mol. The van der Waals surface area contributed by atoms with Gasteiger partial charge in [-0.2, -0.15) is 5.10 Å². The summed E-state index contributed by atoms with van der Waals surface area (Å²) in [6, 6.07) is 10.0. The van der Waals surface area contributed by atoms with E-state index in [1.54, 1.807) is 6.20 Å². The molecule has 1 aromatic carbocycles. The van der Waals surface area contributed by atoms with Crippen molar-refractivity contribution < 1.29 is 14.3 Å². The third-order valence-electron chi connectivity index (χ3n) is 3.54. The summed E-state index contributed by atoms with van der Waals surface area (Å²) in [7, 11) is 0. The number of nitrogens with one attached hydrogen (secondary N) is 1. The van der Waals surface area contributed by atoms with E-state index in [-0.39, 0.29) is 12.5 Å². The molecular weight excluding hydrogens is 296 g/mol. The molecule has 0 atom stereocenters. The van der Waals surface area contributed by atoms with Gasteiger partial charge in [-0.05, 0) is 5.56 Å². The fraction of sp³-hybridized carbons (Fsp3) is 0.312. The molecule has 0 aliphatic carbocycles. The van der Waals surface area contributed by atoms with E-state index in [2.05, 4.69) is 10.4 Å². The van der Waals surface area contributed by atoms with E-state index in [0.29, 0.717) is 26.2 Å². The molecule has 2 heterocycles. The Morgan fingerprint density at radius 2 is 2.09 bits per heavy atom. The number of benzene rings is 1. The lowest BCUT2D eigenvalue weighted by atomic mass is 10.2. The second-order valence-corrected chi connectivity index (χ2v) is 5.34. The molecule has 1 aliphatic heterocycles. The second kappa shape index (κ2) is 6.95. The van der Waals surface area contributed by atoms with E-state index in [1.165, 1.54) is 10.5 Å². The van der Waals surface area contributed by atoms with E-state index in [0.717, 1.165) is 5.56 Å². The van der Waals surface area contributed by atoms with Crippen LogP contribution in [0.1, 0.15) is 11.1 Å². The fourth-order valence-corrected chi connectivity index (χ4v) is 2.35. The molecule has 0 bridgehead atoms. The van der Waals surface area contributed by atoms with Crippen molar-refractivity contribution >= 4 is 12.0 Å². The molecule has 7 heteroatoms. The molecule has 23 heavy (non-hydrogen) atoms. The monoisotopic (exact) mass is 314 g/mol. The highest BCUT2D eigenvalue weighted by Crippen LogP contribution is 2.05. The van der Waals surface area contributed by atoms with Gasteiger partial charge in [0.2, 0.25) is 5.91 Å². The van der Waals surface area contributed by atoms with Crippen LogP contribution in [0.2, 0.25) is 0 Å². The van der Waals surface area contributed by atoms with Crippen molar-refractivity contribution in [1.29, 1.82) is 0 Å². The van der Waals surface area contributed by atoms with E-state index in [9.17, 15) is 9.59 Å². The van der Waals surface area contributed by atoms with Gasteiger partial charge in [-0.15, -0.1) is 0 Å². The maximum Gasteiger partial charge on any atom is 0.410 e. The second-order valence-electron chi connectivity index (χ2n) is 5.34. The molecule has 0 saturated carbocycles. The summed E-state index contributed by atoms with van der Waals surface area (Å²) in [4.78, 5) is 24.5. The molecule has 3 rings (SSSR count). The maximum atomic E-state index is 11.8. The van der Waals surface area contributed by atoms with Gasteiger partial charge in [0.1, 0.15) is 13.2 Å². The Bertz CT molecular complexity index is 684. The van der Waals surface area contributed by atoms with Crippen LogP contribution in [0.4, 0.5) is 4.79 Å². The number of carbonyl (C=O) groups excluding carboxylic acids is 2. The van der Waals surface area contributed by atoms with Crippen molar-refractivity contribution in [3.05, 3.63) is 53.9 Å². The Labute approximate surface area is 133 Å². The van der Waals surface area contributed by atoms with Crippen LogP contribution < -0.4 is 5.32 Å². The maximum absolute atomic E-state index is 11.8. The highest BCUT2D eigenvalue weighted by molar-refractivity contribution is 5.82. The number of hydrogen-bond acceptors (Lipinski definition) is 4. The van der Waals surface area contributed by atoms with E-state index in [4.69, 9.17) is 4.74 Å². The Morgan fingerprint density at radius 3 is 2.83 bits per heavy atom. The van der Waals surface area contributed by atoms with Crippen molar-refractivity contribution in [2.45, 2.75) is 13.1 Å². The van der Waals surface area contributed by atoms with Gasteiger partial charge in [-0.3, -0.25) is 14.4 Å². The van der Waals surface area contributed by atoms with Crippen molar-refractivity contribution in [3.63, 3.8) is 0 Å². The van der Waals surface area contributed by atoms with Crippen LogP contribution >= 0.6 is 0 Å². The summed E-state index contributed by atoms with van der Waals surface area (Å²) in [6.45, 7) is 1.90. The Morgan fingerprint density at radius 1 is 1.26 bits per heavy atom. The molecule has 1 N–H and O–H groups in total. The van der Waals surface area contributed by atoms with Crippen LogP contribution in [0.25, 0.3) is 0 Å². The third-order valence-corrected chi connectivity index (χ3v) is 3.54. The van der Waals surface area contributed by atoms with Gasteiger partial charge in [0, 0.05) is 18.3 Å². The number of nitrogens with zero attached hydrogens (tertiary/aromatic N) is 3. The van der Waals surface area contributed by atoms with Crippen LogP contribution in [0.3, 0.4) is 0 Å². The first-order chi connectivity index (χ1) is 11.2. The minimum Gasteiger partial charge on any atom is -0.448 e. The number of aromatic nitrogens is 2. The zero-order valence-corrected chi connectivity index (χ0v) is 12.6. The molecule has 0 unspecified atom stereocenters. The zero-order valence-electron chi connectivity index (χ0n) is 12.6. The number of rotatable bonds is 6. The first-order valence-corrected chi connectivity index (χ1v) is 7.44. The molecule has 120 valence electrons. The molecule has 1 saturated heterocycles. The molecule has 1 aliphatic rings. The number of carbonyl (C=O) groups is 2. The number of cyclic esters (lactones) is 1. The summed E-state index contributed by atoms with van der Waals surface area (Å²) in [5, 5.41) is 7.07. The third kappa shape index (κ3) is 4.09. The smallest absolute Gasteiger partial charge is 0.410 e. The van der Waals surface area contributed by atoms with Crippen molar-refractivity contribution in [2.24, 2.45) is 0 Å². The molecule has 2 amide bonds. The topological polar surface area (TPSA) is 76.5 Å². The van der Waals surface area contributed by atoms with Gasteiger partial charge in [0.05, 0.1) is 19.3 Å². The van der Waals surface area contributed by atoms with Crippen molar-refractivity contribution in [2.75, 3.05) is 19.7 Å². The van der Waals surface area contributed by atoms with Gasteiger partial charge in [-0.1, -0.05) is 30.3 Å². The first-order valence-electron chi connectivity index (χ1n) is 7.44. The highest BCUT2D eigenvalue weighted by atomic mass is 16.6. The average Bonchev–Trinajstić information content (AvgIpc) is 3.16. The number of amides is 2. The Hall–Kier alpha value is -2.83. The molecule has 1 aromatic heterocycles. The fourth-order valence-electron chi connectivity index (χ4n) is 2.35. The van der Waals surface area contributed by atoms with Crippen LogP contribution in [-0.2, 0) is 22.6 Å². The average molecular weight is 314 g/mol. The quantitative estimate of drug-likeness (QED) is 0.863. The number of ether oxygens (including phenoxy) is 1. The lowest BCUT2D eigenvalue weighted by Crippen LogP contribution is -2.37. The van der Waals surface area contributed by atoms with E-state index < -0.39 is 6.09 Å². The SMILES string of the molecule is O=C(CN1CCOC1=O)NCc1cnn(Cc2ccccc2)c1. The van der Waals surface area contributed by atoms with E-state index in [1.807, 2.05) is 41.2 Å². The van der Waals surface area contributed by atoms with Crippen LogP contribution in [0.5, 0.6) is 0 Å². The summed E-state index contributed by atoms with van der Waals surface area (Å²) in [6.07, 6.45) is 3.20. The van der Waals surface area contributed by atoms with E-state index >= 15 is 0 Å². The van der Waals surface area contributed by atoms with Gasteiger partial charge in [0.15, 0.2) is 0 Å². The van der Waals surface area contributed by atoms with Crippen LogP contribution in [0.15, 0.2) is 42.7 Å². The summed E-state index contributed by atoms with van der Waals surface area (Å²) >= 11 is 0. The standard InChI is InChI=1S/C16H18N4O3/c21-15(12-19-6-7-23-16(19)22)17-8-14-9-18-20(11-14)10-13-4-2-1-3-5-13/h1-5,9,11H,6-8,10,12H2,(H,17,21). The normalized spacial score (nSPS) is 13.9. The minimum absolute atomic E-state index is 0.0248. The van der Waals surface area contributed by atoms with Crippen LogP contribution in [0, 0.1) is 0 Å². The number of hydrogen-bond donors (Lipinski definition) is 1. The predicted octanol–water partition coefficient (Wildman–Crippen LogP) is 1.000. The van der Waals surface area contributed by atoms with Crippen molar-refractivity contribution in [3.8, 4) is 0 Å². The van der Waals surface area contributed by atoms with Gasteiger partial charge in [-0.25, -0.2) is 4.79 Å². The Balaban J connectivity index is 1.47. The first kappa shape index (κ1) is 15.1. The largest absolute Gasteiger partial charge is 0.448 e. The molecule has 2 aromatic rings. The molecule has 0 spiro atoms. The van der Waals surface area contributed by atoms with Crippen molar-refractivity contribution in [1.82, 2.24) is 20.0 Å². The molecule has 7 nitrogen and oxygen atoms in total. The minimum atomic E-state index is -0.434. The van der Waals surface area contributed by atoms with Crippen LogP contribution in [-0.4, -0.2) is 46.4 Å². The van der Waals surface area contributed by atoms with Gasteiger partial charge >= 0.3 is 6.09 Å². The van der Waals surface area contributed by atoms with Gasteiger partial charge in [0.25, 0.3) is 0 Å². The molecule has 0 radical (unpaired) electrons.